The molecule has 0 amide bonds. The summed E-state index contributed by atoms with van der Waals surface area (Å²) in [6, 6.07) is 5.02. The van der Waals surface area contributed by atoms with Gasteiger partial charge >= 0.3 is 0 Å². The van der Waals surface area contributed by atoms with Gasteiger partial charge in [-0.05, 0) is 50.0 Å². The van der Waals surface area contributed by atoms with Crippen molar-refractivity contribution in [3.63, 3.8) is 0 Å². The van der Waals surface area contributed by atoms with E-state index < -0.39 is 10.0 Å². The van der Waals surface area contributed by atoms with E-state index in [2.05, 4.69) is 54.9 Å². The van der Waals surface area contributed by atoms with Gasteiger partial charge in [-0.3, -0.25) is 9.71 Å². The number of methoxy groups -OCH3 is 1. The molecule has 1 fully saturated rings. The summed E-state index contributed by atoms with van der Waals surface area (Å²) in [5.74, 6) is 1.59. The minimum atomic E-state index is -3.97. The highest BCUT2D eigenvalue weighted by molar-refractivity contribution is 7.92. The van der Waals surface area contributed by atoms with Gasteiger partial charge in [0.25, 0.3) is 10.0 Å². The number of anilines is 2. The molecule has 0 bridgehead atoms. The summed E-state index contributed by atoms with van der Waals surface area (Å²) < 4.78 is 35.2. The second kappa shape index (κ2) is 12.3. The van der Waals surface area contributed by atoms with Gasteiger partial charge < -0.3 is 10.1 Å². The zero-order valence-corrected chi connectivity index (χ0v) is 23.1. The van der Waals surface area contributed by atoms with Crippen LogP contribution in [0.4, 0.5) is 11.8 Å². The van der Waals surface area contributed by atoms with E-state index in [-0.39, 0.29) is 21.6 Å². The number of hydrogen-bond acceptors (Lipinski definition) is 8. The summed E-state index contributed by atoms with van der Waals surface area (Å²) in [7, 11) is 1.64. The molecule has 0 aromatic carbocycles. The molecule has 0 radical (unpaired) electrons. The van der Waals surface area contributed by atoms with Gasteiger partial charge in [0.15, 0.2) is 0 Å². The summed E-state index contributed by atoms with van der Waals surface area (Å²) in [5, 5.41) is 3.51. The molecular weight excluding hydrogens is 526 g/mol. The average molecular weight is 557 g/mol. The molecule has 38 heavy (non-hydrogen) atoms. The second-order valence-electron chi connectivity index (χ2n) is 9.25. The number of ether oxygens (including phenoxy) is 1. The van der Waals surface area contributed by atoms with Crippen molar-refractivity contribution < 1.29 is 17.7 Å². The van der Waals surface area contributed by atoms with Crippen molar-refractivity contribution in [2.75, 3.05) is 31.2 Å². The molecule has 0 saturated heterocycles. The maximum atomic E-state index is 12.7. The molecule has 12 heteroatoms. The highest BCUT2D eigenvalue weighted by Gasteiger charge is 2.22. The van der Waals surface area contributed by atoms with E-state index in [1.165, 1.54) is 25.6 Å². The van der Waals surface area contributed by atoms with Crippen molar-refractivity contribution in [3.05, 3.63) is 59.1 Å². The highest BCUT2D eigenvalue weighted by atomic mass is 35.5. The first-order valence-corrected chi connectivity index (χ1v) is 14.0. The summed E-state index contributed by atoms with van der Waals surface area (Å²) in [6.07, 6.45) is 16.5. The van der Waals surface area contributed by atoms with Crippen LogP contribution in [-0.4, -0.2) is 66.4 Å². The lowest BCUT2D eigenvalue weighted by Crippen LogP contribution is -2.28. The maximum absolute atomic E-state index is 12.7. The number of nitrogens with zero attached hydrogens (tertiary/aromatic N) is 5. The van der Waals surface area contributed by atoms with E-state index in [0.717, 1.165) is 31.2 Å². The van der Waals surface area contributed by atoms with Crippen LogP contribution in [0.5, 0.6) is 5.88 Å². The molecule has 2 N–H and O–H groups in total. The van der Waals surface area contributed by atoms with E-state index >= 15 is 0 Å². The fourth-order valence-corrected chi connectivity index (χ4v) is 5.69. The van der Waals surface area contributed by atoms with Crippen LogP contribution in [0.3, 0.4) is 0 Å². The SMILES string of the molecule is COc1nc(NS(=O)(=O)c2cnccc2Cl)ccc1/C=C/c1cnc(NC2CCC(C=[N+](C)C)CC2)nc1. The summed E-state index contributed by atoms with van der Waals surface area (Å²) in [4.78, 5) is 16.9. The average Bonchev–Trinajstić information content (AvgIpc) is 2.89. The van der Waals surface area contributed by atoms with Gasteiger partial charge in [-0.1, -0.05) is 17.7 Å². The molecule has 200 valence electrons. The van der Waals surface area contributed by atoms with Crippen LogP contribution >= 0.6 is 11.6 Å². The number of pyridine rings is 2. The van der Waals surface area contributed by atoms with Crippen LogP contribution in [0.15, 0.2) is 47.9 Å². The Balaban J connectivity index is 1.38. The van der Waals surface area contributed by atoms with Gasteiger partial charge in [-0.2, -0.15) is 4.98 Å². The monoisotopic (exact) mass is 556 g/mol. The number of sulfonamides is 1. The Morgan fingerprint density at radius 3 is 2.45 bits per heavy atom. The predicted molar refractivity (Wildman–Crippen MR) is 149 cm³/mol. The Morgan fingerprint density at radius 1 is 1.05 bits per heavy atom. The van der Waals surface area contributed by atoms with Crippen LogP contribution in [-0.2, 0) is 10.0 Å². The first kappa shape index (κ1) is 27.5. The minimum Gasteiger partial charge on any atom is -0.481 e. The quantitative estimate of drug-likeness (QED) is 0.297. The van der Waals surface area contributed by atoms with E-state index in [4.69, 9.17) is 16.3 Å². The van der Waals surface area contributed by atoms with E-state index in [9.17, 15) is 8.42 Å². The molecule has 3 heterocycles. The topological polar surface area (TPSA) is 122 Å². The third-order valence-corrected chi connectivity index (χ3v) is 7.91. The fraction of sp³-hybridized carbons (Fsp3) is 0.346. The summed E-state index contributed by atoms with van der Waals surface area (Å²) in [6.45, 7) is 0. The number of nitrogens with one attached hydrogen (secondary N) is 2. The molecule has 1 aliphatic carbocycles. The fourth-order valence-electron chi connectivity index (χ4n) is 4.25. The molecule has 3 aromatic rings. The van der Waals surface area contributed by atoms with Gasteiger partial charge in [0.1, 0.15) is 31.0 Å². The smallest absolute Gasteiger partial charge is 0.266 e. The third-order valence-electron chi connectivity index (χ3n) is 6.09. The molecule has 4 rings (SSSR count). The molecule has 0 unspecified atom stereocenters. The van der Waals surface area contributed by atoms with E-state index in [0.29, 0.717) is 23.5 Å². The molecule has 0 spiro atoms. The van der Waals surface area contributed by atoms with Crippen LogP contribution in [0.2, 0.25) is 5.02 Å². The molecule has 0 aliphatic heterocycles. The van der Waals surface area contributed by atoms with Gasteiger partial charge in [0.05, 0.1) is 12.1 Å². The van der Waals surface area contributed by atoms with Crippen molar-refractivity contribution in [2.45, 2.75) is 36.6 Å². The van der Waals surface area contributed by atoms with Crippen LogP contribution in [0.1, 0.15) is 36.8 Å². The normalized spacial score (nSPS) is 17.7. The lowest BCUT2D eigenvalue weighted by molar-refractivity contribution is -0.462. The van der Waals surface area contributed by atoms with Crippen LogP contribution < -0.4 is 14.8 Å². The van der Waals surface area contributed by atoms with Crippen molar-refractivity contribution in [1.29, 1.82) is 0 Å². The van der Waals surface area contributed by atoms with Crippen LogP contribution in [0.25, 0.3) is 12.2 Å². The third kappa shape index (κ3) is 7.26. The zero-order valence-electron chi connectivity index (χ0n) is 21.5. The number of halogens is 1. The molecule has 3 aromatic heterocycles. The summed E-state index contributed by atoms with van der Waals surface area (Å²) >= 11 is 6.01. The lowest BCUT2D eigenvalue weighted by atomic mass is 9.87. The standard InChI is InChI=1S/C26H31ClN7O3S/c1-34(2)17-18-5-9-21(10-6-18)31-26-29-14-19(15-30-26)4-7-20-8-11-24(32-25(20)37-3)33-38(35,36)23-16-28-13-12-22(23)27/h4,7-8,11-18,21H,5-6,9-10H2,1-3H3,(H,32,33)(H,29,30,31)/q+1/b7-4+. The largest absolute Gasteiger partial charge is 0.481 e. The Labute approximate surface area is 227 Å². The second-order valence-corrected chi connectivity index (χ2v) is 11.3. The van der Waals surface area contributed by atoms with Crippen molar-refractivity contribution >= 4 is 51.8 Å². The molecular formula is C26H31ClN7O3S+. The first-order valence-electron chi connectivity index (χ1n) is 12.2. The minimum absolute atomic E-state index is 0.0634. The Morgan fingerprint density at radius 2 is 1.79 bits per heavy atom. The Hall–Kier alpha value is -3.57. The highest BCUT2D eigenvalue weighted by Crippen LogP contribution is 2.26. The molecule has 1 saturated carbocycles. The van der Waals surface area contributed by atoms with Crippen molar-refractivity contribution in [1.82, 2.24) is 19.9 Å². The first-order chi connectivity index (χ1) is 18.2. The molecule has 1 aliphatic rings. The van der Waals surface area contributed by atoms with Gasteiger partial charge in [0, 0.05) is 47.9 Å². The van der Waals surface area contributed by atoms with Gasteiger partial charge in [0.2, 0.25) is 11.8 Å². The van der Waals surface area contributed by atoms with Crippen molar-refractivity contribution in [2.24, 2.45) is 5.92 Å². The zero-order chi connectivity index (χ0) is 27.1. The lowest BCUT2D eigenvalue weighted by Gasteiger charge is -2.26. The predicted octanol–water partition coefficient (Wildman–Crippen LogP) is 4.21. The molecule has 10 nitrogen and oxygen atoms in total. The summed E-state index contributed by atoms with van der Waals surface area (Å²) in [5.41, 5.74) is 1.46. The Bertz CT molecular complexity index is 1420. The van der Waals surface area contributed by atoms with Gasteiger partial charge in [-0.15, -0.1) is 0 Å². The maximum Gasteiger partial charge on any atom is 0.266 e. The van der Waals surface area contributed by atoms with Gasteiger partial charge in [-0.25, -0.2) is 23.0 Å². The molecule has 0 atom stereocenters. The van der Waals surface area contributed by atoms with Crippen molar-refractivity contribution in [3.8, 4) is 5.88 Å². The number of rotatable bonds is 9. The Kier molecular flexibility index (Phi) is 8.90. The van der Waals surface area contributed by atoms with Crippen LogP contribution in [0, 0.1) is 5.92 Å². The van der Waals surface area contributed by atoms with E-state index in [1.807, 2.05) is 6.08 Å². The number of hydrogen-bond donors (Lipinski definition) is 2. The van der Waals surface area contributed by atoms with E-state index in [1.54, 1.807) is 30.6 Å². The number of aromatic nitrogens is 4.